The first-order chi connectivity index (χ1) is 23.2. The average molecular weight is 699 g/mol. The van der Waals surface area contributed by atoms with Gasteiger partial charge in [-0.3, -0.25) is 19.4 Å². The summed E-state index contributed by atoms with van der Waals surface area (Å²) in [6.07, 6.45) is 5.97. The van der Waals surface area contributed by atoms with Crippen molar-refractivity contribution < 1.29 is 24.2 Å². The van der Waals surface area contributed by atoms with Crippen LogP contribution in [0.5, 0.6) is 11.6 Å². The molecule has 1 aromatic carbocycles. The summed E-state index contributed by atoms with van der Waals surface area (Å²) in [4.78, 5) is 46.7. The maximum absolute atomic E-state index is 12.8. The predicted molar refractivity (Wildman–Crippen MR) is 182 cm³/mol. The van der Waals surface area contributed by atoms with Gasteiger partial charge in [-0.15, -0.1) is 0 Å². The fourth-order valence-corrected chi connectivity index (χ4v) is 7.05. The van der Waals surface area contributed by atoms with Crippen LogP contribution >= 0.6 is 23.2 Å². The maximum atomic E-state index is 12.8. The summed E-state index contributed by atoms with van der Waals surface area (Å²) in [6.45, 7) is 6.53. The highest BCUT2D eigenvalue weighted by atomic mass is 35.5. The number of piperidine rings is 1. The molecule has 6 rings (SSSR count). The number of methoxy groups -OCH3 is 1. The van der Waals surface area contributed by atoms with Gasteiger partial charge in [0.05, 0.1) is 37.8 Å². The molecular weight excluding hydrogens is 657 g/mol. The molecule has 3 fully saturated rings. The minimum atomic E-state index is -0.336. The molecule has 3 saturated heterocycles. The zero-order valence-corrected chi connectivity index (χ0v) is 28.6. The molecule has 3 aliphatic heterocycles. The van der Waals surface area contributed by atoms with E-state index in [1.54, 1.807) is 18.5 Å². The van der Waals surface area contributed by atoms with Gasteiger partial charge < -0.3 is 24.4 Å². The van der Waals surface area contributed by atoms with Crippen LogP contribution in [0.3, 0.4) is 0 Å². The molecule has 5 heterocycles. The smallest absolute Gasteiger partial charge is 0.305 e. The van der Waals surface area contributed by atoms with Crippen molar-refractivity contribution in [3.05, 3.63) is 58.3 Å². The number of carbonyl (C=O) groups is 2. The molecule has 12 nitrogen and oxygen atoms in total. The average Bonchev–Trinajstić information content (AvgIpc) is 3.49. The first-order valence-corrected chi connectivity index (χ1v) is 17.2. The zero-order valence-electron chi connectivity index (χ0n) is 27.1. The van der Waals surface area contributed by atoms with Crippen LogP contribution in [0.25, 0.3) is 11.3 Å². The SMILES string of the molecule is COC(=O)CC1CCN(Cc2cc(Oc3cnc(N4CCN(C(=O)CN5CCC(O)C5)CC4)nc3)nc(-c3cc(Cl)cc(Cl)c3)c2)CC1. The molecule has 1 amide bonds. The third-order valence-electron chi connectivity index (χ3n) is 9.17. The molecule has 0 radical (unpaired) electrons. The zero-order chi connectivity index (χ0) is 33.6. The lowest BCUT2D eigenvalue weighted by Crippen LogP contribution is -2.51. The van der Waals surface area contributed by atoms with Crippen LogP contribution in [0.15, 0.2) is 42.7 Å². The van der Waals surface area contributed by atoms with Crippen molar-refractivity contribution >= 4 is 41.0 Å². The van der Waals surface area contributed by atoms with E-state index in [2.05, 4.69) is 19.8 Å². The second kappa shape index (κ2) is 15.8. The molecule has 1 N–H and O–H groups in total. The Morgan fingerprint density at radius 1 is 0.896 bits per heavy atom. The lowest BCUT2D eigenvalue weighted by atomic mass is 9.93. The van der Waals surface area contributed by atoms with Gasteiger partial charge in [0, 0.05) is 73.9 Å². The Bertz CT molecular complexity index is 1560. The van der Waals surface area contributed by atoms with Gasteiger partial charge in [-0.2, -0.15) is 0 Å². The number of nitrogens with zero attached hydrogens (tertiary/aromatic N) is 7. The molecular formula is C34H41Cl2N7O5. The molecule has 256 valence electrons. The Morgan fingerprint density at radius 3 is 2.23 bits per heavy atom. The van der Waals surface area contributed by atoms with E-state index in [4.69, 9.17) is 37.7 Å². The number of rotatable bonds is 10. The van der Waals surface area contributed by atoms with Crippen LogP contribution in [0.2, 0.25) is 10.0 Å². The van der Waals surface area contributed by atoms with E-state index in [1.165, 1.54) is 7.11 Å². The highest BCUT2D eigenvalue weighted by Crippen LogP contribution is 2.31. The monoisotopic (exact) mass is 697 g/mol. The van der Waals surface area contributed by atoms with Crippen molar-refractivity contribution in [1.82, 2.24) is 29.7 Å². The summed E-state index contributed by atoms with van der Waals surface area (Å²) in [5, 5.41) is 10.8. The molecule has 1 unspecified atom stereocenters. The van der Waals surface area contributed by atoms with Gasteiger partial charge in [-0.1, -0.05) is 23.2 Å². The number of pyridine rings is 1. The van der Waals surface area contributed by atoms with Gasteiger partial charge >= 0.3 is 5.97 Å². The molecule has 0 aliphatic carbocycles. The second-order valence-corrected chi connectivity index (χ2v) is 13.6. The fraction of sp³-hybridized carbons (Fsp3) is 0.500. The standard InChI is InChI=1S/C34H41Cl2N7O5/c1-47-33(46)14-23-2-5-40(6-3-23)20-24-12-30(25-15-26(35)17-27(36)16-25)39-31(13-24)48-29-18-37-34(38-19-29)43-10-8-42(9-11-43)32(45)22-41-7-4-28(44)21-41/h12-13,15-19,23,28,44H,2-11,14,20-22H2,1H3. The first-order valence-electron chi connectivity index (χ1n) is 16.4. The molecule has 2 aromatic heterocycles. The summed E-state index contributed by atoms with van der Waals surface area (Å²) in [5.74, 6) is 1.68. The van der Waals surface area contributed by atoms with Gasteiger partial charge in [0.25, 0.3) is 0 Å². The molecule has 0 saturated carbocycles. The van der Waals surface area contributed by atoms with Crippen molar-refractivity contribution in [3.8, 4) is 22.9 Å². The Kier molecular flexibility index (Phi) is 11.3. The molecule has 1 atom stereocenters. The molecule has 3 aliphatic rings. The van der Waals surface area contributed by atoms with E-state index in [9.17, 15) is 14.7 Å². The van der Waals surface area contributed by atoms with Crippen molar-refractivity contribution in [2.75, 3.05) is 70.9 Å². The van der Waals surface area contributed by atoms with Gasteiger partial charge in [0.2, 0.25) is 17.7 Å². The first kappa shape index (κ1) is 34.3. The molecule has 48 heavy (non-hydrogen) atoms. The van der Waals surface area contributed by atoms with Crippen LogP contribution in [0, 0.1) is 5.92 Å². The summed E-state index contributed by atoms with van der Waals surface area (Å²) in [5.41, 5.74) is 2.47. The number of esters is 1. The van der Waals surface area contributed by atoms with E-state index >= 15 is 0 Å². The number of piperazine rings is 1. The Morgan fingerprint density at radius 2 is 1.58 bits per heavy atom. The normalized spacial score (nSPS) is 19.5. The van der Waals surface area contributed by atoms with E-state index < -0.39 is 0 Å². The van der Waals surface area contributed by atoms with Crippen LogP contribution in [-0.2, 0) is 20.9 Å². The van der Waals surface area contributed by atoms with E-state index in [-0.39, 0.29) is 18.0 Å². The maximum Gasteiger partial charge on any atom is 0.305 e. The van der Waals surface area contributed by atoms with Crippen LogP contribution in [0.4, 0.5) is 5.95 Å². The number of carbonyl (C=O) groups excluding carboxylic acids is 2. The number of benzene rings is 1. The van der Waals surface area contributed by atoms with Crippen LogP contribution in [-0.4, -0.2) is 119 Å². The van der Waals surface area contributed by atoms with Gasteiger partial charge in [0.15, 0.2) is 5.75 Å². The van der Waals surface area contributed by atoms with E-state index in [0.29, 0.717) is 91.5 Å². The van der Waals surface area contributed by atoms with Gasteiger partial charge in [-0.05, 0) is 68.1 Å². The minimum Gasteiger partial charge on any atom is -0.469 e. The summed E-state index contributed by atoms with van der Waals surface area (Å²) in [6, 6.07) is 9.27. The number of hydrogen-bond donors (Lipinski definition) is 1. The number of halogens is 2. The number of hydrogen-bond acceptors (Lipinski definition) is 11. The number of ether oxygens (including phenoxy) is 2. The third-order valence-corrected chi connectivity index (χ3v) is 9.61. The summed E-state index contributed by atoms with van der Waals surface area (Å²) < 4.78 is 11.1. The highest BCUT2D eigenvalue weighted by molar-refractivity contribution is 6.35. The Labute approximate surface area is 290 Å². The number of aliphatic hydroxyl groups is 1. The lowest BCUT2D eigenvalue weighted by Gasteiger charge is -2.35. The van der Waals surface area contributed by atoms with Crippen molar-refractivity contribution in [1.29, 1.82) is 0 Å². The minimum absolute atomic E-state index is 0.0885. The third kappa shape index (κ3) is 9.12. The second-order valence-electron chi connectivity index (χ2n) is 12.7. The summed E-state index contributed by atoms with van der Waals surface area (Å²) in [7, 11) is 1.43. The van der Waals surface area contributed by atoms with Crippen molar-refractivity contribution in [3.63, 3.8) is 0 Å². The van der Waals surface area contributed by atoms with Crippen molar-refractivity contribution in [2.24, 2.45) is 5.92 Å². The van der Waals surface area contributed by atoms with Crippen LogP contribution < -0.4 is 9.64 Å². The molecule has 0 spiro atoms. The van der Waals surface area contributed by atoms with Crippen LogP contribution in [0.1, 0.15) is 31.2 Å². The van der Waals surface area contributed by atoms with Gasteiger partial charge in [0.1, 0.15) is 0 Å². The largest absolute Gasteiger partial charge is 0.469 e. The topological polar surface area (TPSA) is 124 Å². The Balaban J connectivity index is 1.10. The lowest BCUT2D eigenvalue weighted by molar-refractivity contribution is -0.142. The summed E-state index contributed by atoms with van der Waals surface area (Å²) >= 11 is 12.7. The highest BCUT2D eigenvalue weighted by Gasteiger charge is 2.27. The molecule has 14 heteroatoms. The fourth-order valence-electron chi connectivity index (χ4n) is 6.53. The van der Waals surface area contributed by atoms with E-state index in [1.807, 2.05) is 34.1 Å². The Hall–Kier alpha value is -3.55. The number of aliphatic hydroxyl groups excluding tert-OH is 1. The van der Waals surface area contributed by atoms with Crippen molar-refractivity contribution in [2.45, 2.75) is 38.3 Å². The number of amides is 1. The van der Waals surface area contributed by atoms with Gasteiger partial charge in [-0.25, -0.2) is 15.0 Å². The van der Waals surface area contributed by atoms with E-state index in [0.717, 1.165) is 50.0 Å². The molecule has 0 bridgehead atoms. The number of aromatic nitrogens is 3. The quantitative estimate of drug-likeness (QED) is 0.308. The number of likely N-dealkylation sites (tertiary alicyclic amines) is 2. The molecule has 3 aromatic rings. The number of β-amino-alcohol motifs (C(OH)–C–C–N with tert-alkyl or cyclic N) is 1. The number of anilines is 1. The predicted octanol–water partition coefficient (Wildman–Crippen LogP) is 4.13.